The van der Waals surface area contributed by atoms with E-state index in [4.69, 9.17) is 5.73 Å². The number of anilines is 1. The van der Waals surface area contributed by atoms with Crippen molar-refractivity contribution in [3.63, 3.8) is 0 Å². The third kappa shape index (κ3) is 4.01. The minimum atomic E-state index is 0.00463. The van der Waals surface area contributed by atoms with Crippen molar-refractivity contribution >= 4 is 27.5 Å². The van der Waals surface area contributed by atoms with E-state index >= 15 is 0 Å². The molecule has 3 nitrogen and oxygen atoms in total. The average Bonchev–Trinajstić information content (AvgIpc) is 2.19. The quantitative estimate of drug-likeness (QED) is 0.883. The van der Waals surface area contributed by atoms with Gasteiger partial charge in [-0.3, -0.25) is 4.79 Å². The molecule has 0 unspecified atom stereocenters. The molecule has 0 aliphatic heterocycles. The molecule has 15 heavy (non-hydrogen) atoms. The summed E-state index contributed by atoms with van der Waals surface area (Å²) in [5.41, 5.74) is 7.29. The minimum Gasteiger partial charge on any atom is -0.330 e. The number of nitrogens with one attached hydrogen (secondary N) is 1. The Bertz CT molecular complexity index is 352. The van der Waals surface area contributed by atoms with E-state index in [1.165, 1.54) is 0 Å². The van der Waals surface area contributed by atoms with Crippen molar-refractivity contribution in [3.8, 4) is 0 Å². The highest BCUT2D eigenvalue weighted by Gasteiger charge is 2.04. The number of aryl methyl sites for hydroxylation is 1. The van der Waals surface area contributed by atoms with Gasteiger partial charge >= 0.3 is 0 Å². The van der Waals surface area contributed by atoms with E-state index in [1.54, 1.807) is 0 Å². The normalized spacial score (nSPS) is 10.1. The molecule has 0 aromatic heterocycles. The van der Waals surface area contributed by atoms with Crippen molar-refractivity contribution in [1.82, 2.24) is 0 Å². The Morgan fingerprint density at radius 1 is 1.53 bits per heavy atom. The molecule has 0 saturated carbocycles. The van der Waals surface area contributed by atoms with Crippen molar-refractivity contribution in [3.05, 3.63) is 28.2 Å². The van der Waals surface area contributed by atoms with Crippen molar-refractivity contribution in [1.29, 1.82) is 0 Å². The van der Waals surface area contributed by atoms with E-state index in [9.17, 15) is 4.79 Å². The standard InChI is InChI=1S/C11H15BrN2O/c1-8-4-5-10(9(12)7-8)14-11(15)3-2-6-13/h4-5,7H,2-3,6,13H2,1H3,(H,14,15). The fourth-order valence-electron chi connectivity index (χ4n) is 1.20. The van der Waals surface area contributed by atoms with Crippen LogP contribution in [0.5, 0.6) is 0 Å². The van der Waals surface area contributed by atoms with Crippen molar-refractivity contribution in [2.24, 2.45) is 5.73 Å². The summed E-state index contributed by atoms with van der Waals surface area (Å²) in [6.45, 7) is 2.55. The lowest BCUT2D eigenvalue weighted by molar-refractivity contribution is -0.116. The van der Waals surface area contributed by atoms with Gasteiger partial charge in [-0.25, -0.2) is 0 Å². The maximum Gasteiger partial charge on any atom is 0.224 e. The molecule has 82 valence electrons. The average molecular weight is 271 g/mol. The van der Waals surface area contributed by atoms with E-state index in [2.05, 4.69) is 21.2 Å². The van der Waals surface area contributed by atoms with Gasteiger partial charge in [-0.05, 0) is 53.5 Å². The van der Waals surface area contributed by atoms with Crippen LogP contribution >= 0.6 is 15.9 Å². The Balaban J connectivity index is 2.60. The van der Waals surface area contributed by atoms with E-state index in [1.807, 2.05) is 25.1 Å². The Hall–Kier alpha value is -0.870. The molecule has 0 aliphatic rings. The van der Waals surface area contributed by atoms with Crippen LogP contribution in [0.2, 0.25) is 0 Å². The van der Waals surface area contributed by atoms with Gasteiger partial charge < -0.3 is 11.1 Å². The molecule has 0 atom stereocenters. The van der Waals surface area contributed by atoms with Crippen LogP contribution in [0.15, 0.2) is 22.7 Å². The summed E-state index contributed by atoms with van der Waals surface area (Å²) in [6.07, 6.45) is 1.19. The van der Waals surface area contributed by atoms with Crippen molar-refractivity contribution < 1.29 is 4.79 Å². The minimum absolute atomic E-state index is 0.00463. The molecule has 3 N–H and O–H groups in total. The summed E-state index contributed by atoms with van der Waals surface area (Å²) >= 11 is 3.40. The Kier molecular flexibility index (Phi) is 4.78. The first kappa shape index (κ1) is 12.2. The largest absolute Gasteiger partial charge is 0.330 e. The van der Waals surface area contributed by atoms with Gasteiger partial charge in [0, 0.05) is 10.9 Å². The molecule has 0 fully saturated rings. The number of hydrogen-bond acceptors (Lipinski definition) is 2. The Morgan fingerprint density at radius 3 is 2.87 bits per heavy atom. The molecule has 0 bridgehead atoms. The summed E-state index contributed by atoms with van der Waals surface area (Å²) in [6, 6.07) is 5.82. The number of benzene rings is 1. The van der Waals surface area contributed by atoms with Crippen molar-refractivity contribution in [2.75, 3.05) is 11.9 Å². The van der Waals surface area contributed by atoms with Gasteiger partial charge in [0.05, 0.1) is 5.69 Å². The molecule has 1 rings (SSSR count). The lowest BCUT2D eigenvalue weighted by Crippen LogP contribution is -2.13. The smallest absolute Gasteiger partial charge is 0.224 e. The van der Waals surface area contributed by atoms with E-state index in [-0.39, 0.29) is 5.91 Å². The molecule has 0 aliphatic carbocycles. The van der Waals surface area contributed by atoms with E-state index in [0.717, 1.165) is 22.1 Å². The molecule has 1 aromatic carbocycles. The molecule has 0 spiro atoms. The molecule has 0 heterocycles. The van der Waals surface area contributed by atoms with Gasteiger partial charge in [0.1, 0.15) is 0 Å². The highest BCUT2D eigenvalue weighted by molar-refractivity contribution is 9.10. The van der Waals surface area contributed by atoms with Crippen LogP contribution in [0.1, 0.15) is 18.4 Å². The molecule has 0 saturated heterocycles. The molecule has 1 amide bonds. The summed E-state index contributed by atoms with van der Waals surface area (Å²) < 4.78 is 0.906. The van der Waals surface area contributed by atoms with Gasteiger partial charge in [-0.15, -0.1) is 0 Å². The van der Waals surface area contributed by atoms with Crippen LogP contribution in [0, 0.1) is 6.92 Å². The Morgan fingerprint density at radius 2 is 2.27 bits per heavy atom. The number of hydrogen-bond donors (Lipinski definition) is 2. The van der Waals surface area contributed by atoms with Crippen LogP contribution in [0.4, 0.5) is 5.69 Å². The number of rotatable bonds is 4. The topological polar surface area (TPSA) is 55.1 Å². The highest BCUT2D eigenvalue weighted by Crippen LogP contribution is 2.23. The summed E-state index contributed by atoms with van der Waals surface area (Å²) in [4.78, 5) is 11.4. The number of carbonyl (C=O) groups excluding carboxylic acids is 1. The van der Waals surface area contributed by atoms with Crippen LogP contribution < -0.4 is 11.1 Å². The van der Waals surface area contributed by atoms with Crippen LogP contribution in [0.3, 0.4) is 0 Å². The second-order valence-corrected chi connectivity index (χ2v) is 4.28. The fourth-order valence-corrected chi connectivity index (χ4v) is 1.79. The molecular weight excluding hydrogens is 256 g/mol. The monoisotopic (exact) mass is 270 g/mol. The molecule has 1 aromatic rings. The lowest BCUT2D eigenvalue weighted by atomic mass is 10.2. The second-order valence-electron chi connectivity index (χ2n) is 3.42. The zero-order valence-electron chi connectivity index (χ0n) is 8.72. The number of nitrogens with two attached hydrogens (primary N) is 1. The first-order chi connectivity index (χ1) is 7.13. The van der Waals surface area contributed by atoms with Gasteiger partial charge in [-0.1, -0.05) is 6.07 Å². The van der Waals surface area contributed by atoms with Crippen LogP contribution in [0.25, 0.3) is 0 Å². The van der Waals surface area contributed by atoms with Crippen molar-refractivity contribution in [2.45, 2.75) is 19.8 Å². The lowest BCUT2D eigenvalue weighted by Gasteiger charge is -2.07. The van der Waals surface area contributed by atoms with Gasteiger partial charge in [-0.2, -0.15) is 0 Å². The molecule has 0 radical (unpaired) electrons. The predicted molar refractivity (Wildman–Crippen MR) is 65.8 cm³/mol. The summed E-state index contributed by atoms with van der Waals surface area (Å²) in [5, 5.41) is 2.83. The molecule has 4 heteroatoms. The van der Waals surface area contributed by atoms with Gasteiger partial charge in [0.15, 0.2) is 0 Å². The summed E-state index contributed by atoms with van der Waals surface area (Å²) in [7, 11) is 0. The fraction of sp³-hybridized carbons (Fsp3) is 0.364. The summed E-state index contributed by atoms with van der Waals surface area (Å²) in [5.74, 6) is 0.00463. The first-order valence-corrected chi connectivity index (χ1v) is 5.69. The highest BCUT2D eigenvalue weighted by atomic mass is 79.9. The van der Waals surface area contributed by atoms with E-state index in [0.29, 0.717) is 13.0 Å². The number of carbonyl (C=O) groups is 1. The zero-order valence-corrected chi connectivity index (χ0v) is 10.3. The van der Waals surface area contributed by atoms with E-state index < -0.39 is 0 Å². The third-order valence-corrected chi connectivity index (χ3v) is 2.66. The van der Waals surface area contributed by atoms with Gasteiger partial charge in [0.2, 0.25) is 5.91 Å². The SMILES string of the molecule is Cc1ccc(NC(=O)CCCN)c(Br)c1. The third-order valence-electron chi connectivity index (χ3n) is 2.01. The zero-order chi connectivity index (χ0) is 11.3. The number of halogens is 1. The molecular formula is C11H15BrN2O. The first-order valence-electron chi connectivity index (χ1n) is 4.89. The van der Waals surface area contributed by atoms with Crippen LogP contribution in [-0.2, 0) is 4.79 Å². The predicted octanol–water partition coefficient (Wildman–Crippen LogP) is 2.43. The Labute approximate surface area is 98.2 Å². The number of amides is 1. The maximum absolute atomic E-state index is 11.4. The maximum atomic E-state index is 11.4. The second kappa shape index (κ2) is 5.88. The van der Waals surface area contributed by atoms with Crippen LogP contribution in [-0.4, -0.2) is 12.5 Å². The van der Waals surface area contributed by atoms with Gasteiger partial charge in [0.25, 0.3) is 0 Å².